The van der Waals surface area contributed by atoms with Gasteiger partial charge in [-0.1, -0.05) is 154 Å². The summed E-state index contributed by atoms with van der Waals surface area (Å²) in [5.41, 5.74) is 23.1. The summed E-state index contributed by atoms with van der Waals surface area (Å²) < 4.78 is 6.65. The predicted octanol–water partition coefficient (Wildman–Crippen LogP) is 14.5. The standard InChI is InChI=1S/C22H24N.C21H22N.C20H20N/c1-16(2)18-9-7-10-19(14-18)20-12-13-22(23(4)15-20)21-11-6-5-8-17(21)3;1-4-17-9-7-10-18(14-17)19-12-13-21(22(3)15-19)20-11-6-5-8-16(20)2;1-15-7-6-9-17(13-15)18-11-12-20(21(3)14-18)19-10-5-4-8-16(19)2/h5-16H,1-4H3;5-15H,4H2,1-3H3;4-14H,1-3H3/q3*+1. The van der Waals surface area contributed by atoms with Gasteiger partial charge in [0.1, 0.15) is 21.1 Å². The average molecular weight is 865 g/mol. The third-order valence-electron chi connectivity index (χ3n) is 12.6. The fourth-order valence-corrected chi connectivity index (χ4v) is 8.63. The van der Waals surface area contributed by atoms with Gasteiger partial charge < -0.3 is 0 Å². The van der Waals surface area contributed by atoms with Crippen LogP contribution in [0.4, 0.5) is 0 Å². The lowest BCUT2D eigenvalue weighted by molar-refractivity contribution is -0.660. The summed E-state index contributed by atoms with van der Waals surface area (Å²) in [4.78, 5) is 0. The third-order valence-corrected chi connectivity index (χ3v) is 12.6. The van der Waals surface area contributed by atoms with Gasteiger partial charge in [-0.15, -0.1) is 0 Å². The number of rotatable bonds is 8. The SMILES string of the molecule is CCc1cccc(-c2ccc(-c3ccccc3C)[n+](C)c2)c1.Cc1cccc(-c2ccc(-c3ccccc3C)[n+](C)c2)c1.Cc1ccccc1-c1ccc(-c2cccc(C(C)C)c2)c[n+]1C. The third kappa shape index (κ3) is 11.3. The minimum absolute atomic E-state index is 0.551. The van der Waals surface area contributed by atoms with E-state index in [-0.39, 0.29) is 0 Å². The van der Waals surface area contributed by atoms with E-state index in [9.17, 15) is 0 Å². The van der Waals surface area contributed by atoms with E-state index >= 15 is 0 Å². The molecule has 0 spiro atoms. The molecule has 0 aliphatic carbocycles. The maximum Gasteiger partial charge on any atom is 0.212 e. The van der Waals surface area contributed by atoms with Crippen LogP contribution in [0.3, 0.4) is 0 Å². The second-order valence-electron chi connectivity index (χ2n) is 17.9. The van der Waals surface area contributed by atoms with E-state index in [4.69, 9.17) is 0 Å². The molecular weight excluding hydrogens is 799 g/mol. The molecule has 0 aliphatic rings. The van der Waals surface area contributed by atoms with Gasteiger partial charge in [0.2, 0.25) is 17.1 Å². The van der Waals surface area contributed by atoms with E-state index < -0.39 is 0 Å². The van der Waals surface area contributed by atoms with E-state index in [0.717, 1.165) is 6.42 Å². The van der Waals surface area contributed by atoms with Crippen LogP contribution in [0.2, 0.25) is 0 Å². The molecule has 0 amide bonds. The Morgan fingerprint density at radius 3 is 1.12 bits per heavy atom. The summed E-state index contributed by atoms with van der Waals surface area (Å²) in [6.07, 6.45) is 7.72. The Morgan fingerprint density at radius 1 is 0.364 bits per heavy atom. The summed E-state index contributed by atoms with van der Waals surface area (Å²) in [7, 11) is 6.35. The highest BCUT2D eigenvalue weighted by atomic mass is 14.9. The molecule has 3 heterocycles. The fourth-order valence-electron chi connectivity index (χ4n) is 8.63. The Kier molecular flexibility index (Phi) is 15.3. The maximum atomic E-state index is 2.30. The molecule has 0 N–H and O–H groups in total. The van der Waals surface area contributed by atoms with Gasteiger partial charge in [-0.05, 0) is 121 Å². The number of benzene rings is 6. The van der Waals surface area contributed by atoms with E-state index in [1.807, 2.05) is 0 Å². The molecule has 9 rings (SSSR count). The molecule has 3 nitrogen and oxygen atoms in total. The number of aromatic nitrogens is 3. The molecule has 66 heavy (non-hydrogen) atoms. The molecule has 0 atom stereocenters. The van der Waals surface area contributed by atoms with Crippen LogP contribution in [-0.4, -0.2) is 0 Å². The topological polar surface area (TPSA) is 11.6 Å². The van der Waals surface area contributed by atoms with E-state index in [0.29, 0.717) is 5.92 Å². The monoisotopic (exact) mass is 865 g/mol. The van der Waals surface area contributed by atoms with Crippen LogP contribution in [0.25, 0.3) is 67.2 Å². The van der Waals surface area contributed by atoms with Gasteiger partial charge in [0.15, 0.2) is 18.6 Å². The van der Waals surface area contributed by atoms with Crippen LogP contribution in [0.5, 0.6) is 0 Å². The Bertz CT molecular complexity index is 3080. The smallest absolute Gasteiger partial charge is 0.200 e. The van der Waals surface area contributed by atoms with Crippen molar-refractivity contribution in [3.8, 4) is 67.2 Å². The molecule has 0 radical (unpaired) electrons. The molecule has 0 saturated carbocycles. The lowest BCUT2D eigenvalue weighted by Crippen LogP contribution is -2.30. The largest absolute Gasteiger partial charge is 0.212 e. The van der Waals surface area contributed by atoms with Crippen molar-refractivity contribution < 1.29 is 13.7 Å². The normalized spacial score (nSPS) is 10.8. The molecule has 0 aliphatic heterocycles. The number of nitrogens with zero attached hydrogens (tertiary/aromatic N) is 3. The summed E-state index contributed by atoms with van der Waals surface area (Å²) >= 11 is 0. The van der Waals surface area contributed by atoms with Crippen molar-refractivity contribution in [3.63, 3.8) is 0 Å². The van der Waals surface area contributed by atoms with Gasteiger partial charge in [0.05, 0.1) is 0 Å². The van der Waals surface area contributed by atoms with Crippen molar-refractivity contribution in [2.45, 2.75) is 60.8 Å². The first kappa shape index (κ1) is 46.8. The van der Waals surface area contributed by atoms with Crippen molar-refractivity contribution >= 4 is 0 Å². The minimum atomic E-state index is 0.551. The fraction of sp³-hybridized carbons (Fsp3) is 0.190. The average Bonchev–Trinajstić information content (AvgIpc) is 3.33. The van der Waals surface area contributed by atoms with Crippen molar-refractivity contribution in [2.75, 3.05) is 0 Å². The maximum absolute atomic E-state index is 2.30. The zero-order chi connectivity index (χ0) is 46.7. The van der Waals surface area contributed by atoms with Crippen LogP contribution in [0, 0.1) is 27.7 Å². The highest BCUT2D eigenvalue weighted by Crippen LogP contribution is 2.28. The van der Waals surface area contributed by atoms with Crippen LogP contribution in [-0.2, 0) is 27.6 Å². The Morgan fingerprint density at radius 2 is 0.742 bits per heavy atom. The quantitative estimate of drug-likeness (QED) is 0.135. The molecule has 0 fully saturated rings. The van der Waals surface area contributed by atoms with Crippen LogP contribution >= 0.6 is 0 Å². The number of pyridine rings is 3. The van der Waals surface area contributed by atoms with Crippen molar-refractivity contribution in [1.82, 2.24) is 0 Å². The van der Waals surface area contributed by atoms with Crippen molar-refractivity contribution in [1.29, 1.82) is 0 Å². The molecule has 330 valence electrons. The molecular formula is C63H66N3+3. The van der Waals surface area contributed by atoms with Gasteiger partial charge >= 0.3 is 0 Å². The van der Waals surface area contributed by atoms with Gasteiger partial charge in [-0.25, -0.2) is 13.7 Å². The van der Waals surface area contributed by atoms with Gasteiger partial charge in [-0.2, -0.15) is 0 Å². The van der Waals surface area contributed by atoms with Crippen LogP contribution in [0.15, 0.2) is 201 Å². The lowest BCUT2D eigenvalue weighted by atomic mass is 9.97. The molecule has 9 aromatic rings. The first-order valence-electron chi connectivity index (χ1n) is 23.3. The summed E-state index contributed by atoms with van der Waals surface area (Å²) in [5, 5.41) is 0. The van der Waals surface area contributed by atoms with E-state index in [2.05, 4.69) is 284 Å². The Hall–Kier alpha value is -7.23. The second-order valence-corrected chi connectivity index (χ2v) is 17.9. The first-order valence-corrected chi connectivity index (χ1v) is 23.3. The summed E-state index contributed by atoms with van der Waals surface area (Å²) in [6, 6.07) is 65.1. The van der Waals surface area contributed by atoms with E-state index in [1.54, 1.807) is 0 Å². The number of aryl methyl sites for hydroxylation is 8. The summed E-state index contributed by atoms with van der Waals surface area (Å²) in [5.74, 6) is 0.551. The molecule has 0 unspecified atom stereocenters. The van der Waals surface area contributed by atoms with Crippen LogP contribution < -0.4 is 13.7 Å². The molecule has 0 saturated heterocycles. The van der Waals surface area contributed by atoms with Crippen molar-refractivity contribution in [2.24, 2.45) is 21.1 Å². The molecule has 6 aromatic carbocycles. The molecule has 3 heteroatoms. The Labute approximate surface area is 395 Å². The summed E-state index contributed by atoms with van der Waals surface area (Å²) in [6.45, 7) is 15.3. The highest BCUT2D eigenvalue weighted by molar-refractivity contribution is 5.69. The zero-order valence-electron chi connectivity index (χ0n) is 40.7. The first-order chi connectivity index (χ1) is 31.9. The Balaban J connectivity index is 0.000000147. The van der Waals surface area contributed by atoms with E-state index in [1.165, 1.54) is 101 Å². The molecule has 0 bridgehead atoms. The van der Waals surface area contributed by atoms with Gasteiger partial charge in [0, 0.05) is 51.6 Å². The lowest BCUT2D eigenvalue weighted by Gasteiger charge is -2.09. The second kappa shape index (κ2) is 21.6. The minimum Gasteiger partial charge on any atom is -0.200 e. The molecule has 3 aromatic heterocycles. The van der Waals surface area contributed by atoms with Crippen LogP contribution in [0.1, 0.15) is 60.1 Å². The van der Waals surface area contributed by atoms with Crippen molar-refractivity contribution in [3.05, 3.63) is 234 Å². The number of hydrogen-bond acceptors (Lipinski definition) is 0. The van der Waals surface area contributed by atoms with Gasteiger partial charge in [0.25, 0.3) is 0 Å². The number of hydrogen-bond donors (Lipinski definition) is 0. The highest BCUT2D eigenvalue weighted by Gasteiger charge is 2.16. The predicted molar refractivity (Wildman–Crippen MR) is 278 cm³/mol. The van der Waals surface area contributed by atoms with Gasteiger partial charge in [-0.3, -0.25) is 0 Å². The zero-order valence-corrected chi connectivity index (χ0v) is 40.7.